The van der Waals surface area contributed by atoms with E-state index in [1.807, 2.05) is 36.4 Å². The molecule has 0 fully saturated rings. The number of esters is 1. The highest BCUT2D eigenvalue weighted by molar-refractivity contribution is 9.10. The van der Waals surface area contributed by atoms with E-state index in [1.54, 1.807) is 12.1 Å². The lowest BCUT2D eigenvalue weighted by atomic mass is 10.0. The van der Waals surface area contributed by atoms with Gasteiger partial charge in [0.1, 0.15) is 11.9 Å². The van der Waals surface area contributed by atoms with Crippen LogP contribution < -0.4 is 4.74 Å². The molecule has 1 atom stereocenters. The van der Waals surface area contributed by atoms with Gasteiger partial charge in [0, 0.05) is 10.9 Å². The Balaban J connectivity index is 1.30. The van der Waals surface area contributed by atoms with Crippen molar-refractivity contribution in [3.05, 3.63) is 64.1 Å². The average molecular weight is 516 g/mol. The van der Waals surface area contributed by atoms with Crippen LogP contribution in [0.5, 0.6) is 5.75 Å². The molecule has 0 spiro atoms. The van der Waals surface area contributed by atoms with E-state index in [0.29, 0.717) is 12.2 Å². The summed E-state index contributed by atoms with van der Waals surface area (Å²) in [6, 6.07) is 15.2. The topological polar surface area (TPSA) is 57.1 Å². The Morgan fingerprint density at radius 2 is 1.70 bits per heavy atom. The number of hydrogen-bond acceptors (Lipinski definition) is 5. The number of ether oxygens (including phenoxy) is 2. The van der Waals surface area contributed by atoms with Gasteiger partial charge < -0.3 is 14.3 Å². The second-order valence-electron chi connectivity index (χ2n) is 8.40. The molecule has 5 nitrogen and oxygen atoms in total. The van der Waals surface area contributed by atoms with Crippen molar-refractivity contribution in [2.75, 3.05) is 13.2 Å². The van der Waals surface area contributed by atoms with Gasteiger partial charge in [0.25, 0.3) is 0 Å². The van der Waals surface area contributed by atoms with E-state index in [-0.39, 0.29) is 12.1 Å². The van der Waals surface area contributed by atoms with Crippen LogP contribution in [0.25, 0.3) is 0 Å². The molecular weight excluding hydrogens is 482 g/mol. The van der Waals surface area contributed by atoms with E-state index in [1.165, 1.54) is 32.1 Å². The number of unbranched alkanes of at least 4 members (excludes halogenated alkanes) is 5. The first kappa shape index (κ1) is 25.3. The summed E-state index contributed by atoms with van der Waals surface area (Å²) in [6.07, 6.45) is 9.88. The van der Waals surface area contributed by atoms with E-state index in [0.717, 1.165) is 53.8 Å². The number of oxime groups is 1. The second kappa shape index (κ2) is 14.0. The van der Waals surface area contributed by atoms with Crippen LogP contribution in [-0.2, 0) is 9.57 Å². The maximum absolute atomic E-state index is 12.1. The van der Waals surface area contributed by atoms with E-state index >= 15 is 0 Å². The molecule has 0 saturated carbocycles. The lowest BCUT2D eigenvalue weighted by Crippen LogP contribution is -2.11. The number of carbonyl (C=O) groups excluding carboxylic acids is 1. The van der Waals surface area contributed by atoms with Crippen LogP contribution in [0.1, 0.15) is 80.6 Å². The fourth-order valence-electron chi connectivity index (χ4n) is 3.71. The Labute approximate surface area is 205 Å². The highest BCUT2D eigenvalue weighted by Gasteiger charge is 2.22. The molecule has 6 heteroatoms. The zero-order chi connectivity index (χ0) is 23.3. The summed E-state index contributed by atoms with van der Waals surface area (Å²) >= 11 is 3.36. The van der Waals surface area contributed by atoms with Gasteiger partial charge in [-0.1, -0.05) is 60.1 Å². The largest absolute Gasteiger partial charge is 0.494 e. The van der Waals surface area contributed by atoms with Crippen LogP contribution in [0, 0.1) is 0 Å². The van der Waals surface area contributed by atoms with Crippen molar-refractivity contribution in [3.63, 3.8) is 0 Å². The molecule has 0 amide bonds. The van der Waals surface area contributed by atoms with E-state index < -0.39 is 0 Å². The van der Waals surface area contributed by atoms with Gasteiger partial charge in [0.2, 0.25) is 0 Å². The zero-order valence-corrected chi connectivity index (χ0v) is 21.0. The van der Waals surface area contributed by atoms with Gasteiger partial charge in [0.15, 0.2) is 0 Å². The molecule has 2 aromatic rings. The molecule has 178 valence electrons. The Morgan fingerprint density at radius 1 is 0.970 bits per heavy atom. The molecular formula is C27H34BrNO4. The Morgan fingerprint density at radius 3 is 2.45 bits per heavy atom. The van der Waals surface area contributed by atoms with Gasteiger partial charge in [-0.2, -0.15) is 0 Å². The van der Waals surface area contributed by atoms with Gasteiger partial charge in [-0.3, -0.25) is 0 Å². The average Bonchev–Trinajstić information content (AvgIpc) is 3.31. The quantitative estimate of drug-likeness (QED) is 0.195. The monoisotopic (exact) mass is 515 g/mol. The van der Waals surface area contributed by atoms with Gasteiger partial charge in [-0.05, 0) is 73.4 Å². The van der Waals surface area contributed by atoms with E-state index in [4.69, 9.17) is 14.3 Å². The normalized spacial score (nSPS) is 15.1. The van der Waals surface area contributed by atoms with Gasteiger partial charge in [0.05, 0.1) is 24.5 Å². The summed E-state index contributed by atoms with van der Waals surface area (Å²) in [5.41, 5.74) is 2.57. The molecule has 1 aliphatic heterocycles. The highest BCUT2D eigenvalue weighted by Crippen LogP contribution is 2.22. The number of nitrogens with zero attached hydrogens (tertiary/aromatic N) is 1. The number of halogens is 1. The molecule has 0 aliphatic carbocycles. The van der Waals surface area contributed by atoms with Crippen LogP contribution in [0.4, 0.5) is 0 Å². The summed E-state index contributed by atoms with van der Waals surface area (Å²) < 4.78 is 12.1. The van der Waals surface area contributed by atoms with Crippen molar-refractivity contribution < 1.29 is 19.1 Å². The van der Waals surface area contributed by atoms with Crippen molar-refractivity contribution in [1.29, 1.82) is 0 Å². The van der Waals surface area contributed by atoms with Crippen molar-refractivity contribution >= 4 is 27.6 Å². The second-order valence-corrected chi connectivity index (χ2v) is 9.31. The molecule has 0 aromatic heterocycles. The van der Waals surface area contributed by atoms with Crippen LogP contribution in [0.15, 0.2) is 58.2 Å². The first-order chi connectivity index (χ1) is 16.2. The maximum atomic E-state index is 12.1. The third-order valence-corrected chi connectivity index (χ3v) is 6.20. The Hall–Kier alpha value is -2.34. The molecule has 2 aromatic carbocycles. The summed E-state index contributed by atoms with van der Waals surface area (Å²) in [5, 5.41) is 4.26. The predicted octanol–water partition coefficient (Wildman–Crippen LogP) is 7.32. The number of benzene rings is 2. The number of hydrogen-bond donors (Lipinski definition) is 0. The van der Waals surface area contributed by atoms with Crippen molar-refractivity contribution in [2.45, 2.75) is 70.8 Å². The van der Waals surface area contributed by atoms with Crippen molar-refractivity contribution in [3.8, 4) is 5.75 Å². The van der Waals surface area contributed by atoms with Gasteiger partial charge in [-0.25, -0.2) is 4.79 Å². The first-order valence-electron chi connectivity index (χ1n) is 12.0. The van der Waals surface area contributed by atoms with Crippen molar-refractivity contribution in [2.24, 2.45) is 5.16 Å². The molecule has 0 bridgehead atoms. The summed E-state index contributed by atoms with van der Waals surface area (Å²) in [4.78, 5) is 17.6. The fourth-order valence-corrected chi connectivity index (χ4v) is 3.98. The zero-order valence-electron chi connectivity index (χ0n) is 19.4. The molecule has 0 N–H and O–H groups in total. The van der Waals surface area contributed by atoms with Crippen LogP contribution in [0.3, 0.4) is 0 Å². The molecule has 33 heavy (non-hydrogen) atoms. The van der Waals surface area contributed by atoms with Crippen LogP contribution in [-0.4, -0.2) is 31.0 Å². The lowest BCUT2D eigenvalue weighted by Gasteiger charge is -2.09. The minimum atomic E-state index is -0.300. The third-order valence-electron chi connectivity index (χ3n) is 5.67. The summed E-state index contributed by atoms with van der Waals surface area (Å²) in [7, 11) is 0. The smallest absolute Gasteiger partial charge is 0.338 e. The molecule has 3 rings (SSSR count). The molecule has 1 unspecified atom stereocenters. The van der Waals surface area contributed by atoms with Crippen LogP contribution >= 0.6 is 15.9 Å². The van der Waals surface area contributed by atoms with Gasteiger partial charge >= 0.3 is 5.97 Å². The maximum Gasteiger partial charge on any atom is 0.338 e. The Bertz CT molecular complexity index is 880. The number of rotatable bonds is 14. The minimum Gasteiger partial charge on any atom is -0.494 e. The number of carbonyl (C=O) groups is 1. The Kier molecular flexibility index (Phi) is 10.8. The van der Waals surface area contributed by atoms with Crippen LogP contribution in [0.2, 0.25) is 0 Å². The highest BCUT2D eigenvalue weighted by atomic mass is 79.9. The van der Waals surface area contributed by atoms with Gasteiger partial charge in [-0.15, -0.1) is 0 Å². The summed E-state index contributed by atoms with van der Waals surface area (Å²) in [6.45, 7) is 3.38. The first-order valence-corrected chi connectivity index (χ1v) is 12.8. The molecule has 1 aliphatic rings. The molecule has 0 radical (unpaired) electrons. The van der Waals surface area contributed by atoms with E-state index in [9.17, 15) is 4.79 Å². The third kappa shape index (κ3) is 8.84. The van der Waals surface area contributed by atoms with E-state index in [2.05, 4.69) is 28.0 Å². The molecule has 0 saturated heterocycles. The van der Waals surface area contributed by atoms with Crippen molar-refractivity contribution in [1.82, 2.24) is 0 Å². The standard InChI is InChI=1S/C27H34BrNO4/c1-2-3-4-5-6-7-18-31-24-16-12-21(13-17-24)26-20-25(33-29-26)9-8-19-32-27(30)22-10-14-23(28)15-11-22/h10-17,25H,2-9,18-20H2,1H3. The lowest BCUT2D eigenvalue weighted by molar-refractivity contribution is 0.0435. The molecule has 1 heterocycles. The predicted molar refractivity (Wildman–Crippen MR) is 135 cm³/mol. The summed E-state index contributed by atoms with van der Waals surface area (Å²) in [5.74, 6) is 0.599. The minimum absolute atomic E-state index is 0.0232. The fraction of sp³-hybridized carbons (Fsp3) is 0.481. The SMILES string of the molecule is CCCCCCCCOc1ccc(C2=NOC(CCCOC(=O)c3ccc(Br)cc3)C2)cc1.